The van der Waals surface area contributed by atoms with Crippen LogP contribution in [0.25, 0.3) is 0 Å². The zero-order chi connectivity index (χ0) is 14.9. The zero-order valence-corrected chi connectivity index (χ0v) is 11.3. The van der Waals surface area contributed by atoms with Gasteiger partial charge in [-0.3, -0.25) is 0 Å². The zero-order valence-electron chi connectivity index (χ0n) is 10.5. The highest BCUT2D eigenvalue weighted by atomic mass is 32.2. The van der Waals surface area contributed by atoms with Gasteiger partial charge in [0.15, 0.2) is 0 Å². The van der Waals surface area contributed by atoms with Crippen LogP contribution in [0.5, 0.6) is 0 Å². The Labute approximate surface area is 115 Å². The molecule has 0 bridgehead atoms. The van der Waals surface area contributed by atoms with Crippen LogP contribution >= 0.6 is 0 Å². The molecule has 0 amide bonds. The van der Waals surface area contributed by atoms with Crippen LogP contribution in [0.15, 0.2) is 23.1 Å². The molecular weight excluding hydrogens is 289 g/mol. The van der Waals surface area contributed by atoms with E-state index in [1.165, 1.54) is 0 Å². The van der Waals surface area contributed by atoms with Crippen LogP contribution in [0.3, 0.4) is 0 Å². The van der Waals surface area contributed by atoms with E-state index >= 15 is 0 Å². The first-order valence-electron chi connectivity index (χ1n) is 6.03. The summed E-state index contributed by atoms with van der Waals surface area (Å²) in [6.07, 6.45) is 1.07. The van der Waals surface area contributed by atoms with Crippen molar-refractivity contribution in [2.45, 2.75) is 23.8 Å². The summed E-state index contributed by atoms with van der Waals surface area (Å²) in [5.74, 6) is -2.27. The van der Waals surface area contributed by atoms with Crippen molar-refractivity contribution >= 4 is 16.0 Å². The molecular formula is C12H14FNO5S. The van der Waals surface area contributed by atoms with Crippen LogP contribution in [-0.4, -0.2) is 48.1 Å². The molecule has 6 nitrogen and oxygen atoms in total. The molecule has 1 aliphatic rings. The number of carboxylic acids is 1. The minimum Gasteiger partial charge on any atom is -0.478 e. The lowest BCUT2D eigenvalue weighted by molar-refractivity contribution is 0.0692. The van der Waals surface area contributed by atoms with Gasteiger partial charge in [-0.1, -0.05) is 0 Å². The fourth-order valence-corrected chi connectivity index (χ4v) is 4.20. The molecule has 20 heavy (non-hydrogen) atoms. The Morgan fingerprint density at radius 2 is 2.15 bits per heavy atom. The van der Waals surface area contributed by atoms with Gasteiger partial charge in [-0.25, -0.2) is 17.6 Å². The molecule has 2 N–H and O–H groups in total. The third-order valence-electron chi connectivity index (χ3n) is 3.29. The lowest BCUT2D eigenvalue weighted by Gasteiger charge is -2.23. The topological polar surface area (TPSA) is 94.9 Å². The maximum Gasteiger partial charge on any atom is 0.337 e. The Hall–Kier alpha value is -1.51. The highest BCUT2D eigenvalue weighted by Crippen LogP contribution is 2.28. The number of carboxylic acid groups (broad SMARTS) is 1. The predicted molar refractivity (Wildman–Crippen MR) is 67.4 cm³/mol. The Balaban J connectivity index is 2.54. The number of halogens is 1. The van der Waals surface area contributed by atoms with Gasteiger partial charge in [0.1, 0.15) is 5.82 Å². The molecule has 0 saturated carbocycles. The highest BCUT2D eigenvalue weighted by Gasteiger charge is 2.37. The van der Waals surface area contributed by atoms with E-state index in [-0.39, 0.29) is 13.2 Å². The SMILES string of the molecule is O=C(O)c1ccc(F)cc1S(=O)(=O)N1CCCC1CO. The molecule has 8 heteroatoms. The first-order valence-corrected chi connectivity index (χ1v) is 7.47. The maximum atomic E-state index is 13.3. The highest BCUT2D eigenvalue weighted by molar-refractivity contribution is 7.89. The van der Waals surface area contributed by atoms with E-state index in [9.17, 15) is 22.7 Å². The van der Waals surface area contributed by atoms with Crippen molar-refractivity contribution in [1.82, 2.24) is 4.31 Å². The standard InChI is InChI=1S/C12H14FNO5S/c13-8-3-4-10(12(16)17)11(6-8)20(18,19)14-5-1-2-9(14)7-15/h3-4,6,9,15H,1-2,5,7H2,(H,16,17). The van der Waals surface area contributed by atoms with E-state index in [0.29, 0.717) is 18.9 Å². The van der Waals surface area contributed by atoms with E-state index in [2.05, 4.69) is 0 Å². The van der Waals surface area contributed by atoms with Crippen molar-refractivity contribution < 1.29 is 27.8 Å². The van der Waals surface area contributed by atoms with Gasteiger partial charge >= 0.3 is 5.97 Å². The number of aliphatic hydroxyl groups is 1. The number of nitrogens with zero attached hydrogens (tertiary/aromatic N) is 1. The monoisotopic (exact) mass is 303 g/mol. The molecule has 0 radical (unpaired) electrons. The molecule has 2 rings (SSSR count). The van der Waals surface area contributed by atoms with Gasteiger partial charge in [0.25, 0.3) is 0 Å². The summed E-state index contributed by atoms with van der Waals surface area (Å²) in [6, 6.07) is 1.93. The molecule has 0 spiro atoms. The third kappa shape index (κ3) is 2.54. The van der Waals surface area contributed by atoms with Crippen LogP contribution < -0.4 is 0 Å². The Bertz CT molecular complexity index is 631. The van der Waals surface area contributed by atoms with Gasteiger partial charge in [-0.15, -0.1) is 0 Å². The summed E-state index contributed by atoms with van der Waals surface area (Å²) in [6.45, 7) is -0.167. The van der Waals surface area contributed by atoms with Gasteiger partial charge in [0.05, 0.1) is 17.1 Å². The van der Waals surface area contributed by atoms with Crippen molar-refractivity contribution in [3.05, 3.63) is 29.6 Å². The van der Waals surface area contributed by atoms with E-state index in [1.54, 1.807) is 0 Å². The number of hydrogen-bond acceptors (Lipinski definition) is 4. The number of aromatic carboxylic acids is 1. The summed E-state index contributed by atoms with van der Waals surface area (Å²) < 4.78 is 39.2. The fourth-order valence-electron chi connectivity index (χ4n) is 2.32. The van der Waals surface area contributed by atoms with Crippen molar-refractivity contribution in [3.8, 4) is 0 Å². The molecule has 1 heterocycles. The summed E-state index contributed by atoms with van der Waals surface area (Å²) >= 11 is 0. The smallest absolute Gasteiger partial charge is 0.337 e. The second-order valence-corrected chi connectivity index (χ2v) is 6.40. The number of sulfonamides is 1. The predicted octanol–water partition coefficient (Wildman–Crippen LogP) is 0.669. The average molecular weight is 303 g/mol. The summed E-state index contributed by atoms with van der Waals surface area (Å²) in [5, 5.41) is 18.2. The van der Waals surface area contributed by atoms with Crippen LogP contribution in [0.1, 0.15) is 23.2 Å². The number of hydrogen-bond donors (Lipinski definition) is 2. The minimum absolute atomic E-state index is 0.184. The molecule has 0 aromatic heterocycles. The van der Waals surface area contributed by atoms with Gasteiger partial charge < -0.3 is 10.2 Å². The van der Waals surface area contributed by atoms with Crippen molar-refractivity contribution in [3.63, 3.8) is 0 Å². The number of aliphatic hydroxyl groups excluding tert-OH is 1. The largest absolute Gasteiger partial charge is 0.478 e. The lowest BCUT2D eigenvalue weighted by atomic mass is 10.2. The second kappa shape index (κ2) is 5.47. The Morgan fingerprint density at radius 3 is 2.75 bits per heavy atom. The summed E-state index contributed by atoms with van der Waals surface area (Å²) in [7, 11) is -4.15. The first-order chi connectivity index (χ1) is 9.37. The Kier molecular flexibility index (Phi) is 4.07. The van der Waals surface area contributed by atoms with E-state index < -0.39 is 38.3 Å². The first kappa shape index (κ1) is 14.9. The van der Waals surface area contributed by atoms with Crippen LogP contribution in [-0.2, 0) is 10.0 Å². The minimum atomic E-state index is -4.15. The lowest BCUT2D eigenvalue weighted by Crippen LogP contribution is -2.38. The van der Waals surface area contributed by atoms with Gasteiger partial charge in [0.2, 0.25) is 10.0 Å². The van der Waals surface area contributed by atoms with Crippen molar-refractivity contribution in [1.29, 1.82) is 0 Å². The molecule has 1 aromatic carbocycles. The molecule has 110 valence electrons. The molecule has 1 atom stereocenters. The number of benzene rings is 1. The van der Waals surface area contributed by atoms with Crippen LogP contribution in [0.4, 0.5) is 4.39 Å². The van der Waals surface area contributed by atoms with Crippen molar-refractivity contribution in [2.75, 3.05) is 13.2 Å². The second-order valence-electron chi connectivity index (χ2n) is 4.54. The molecule has 1 aromatic rings. The van der Waals surface area contributed by atoms with Crippen LogP contribution in [0.2, 0.25) is 0 Å². The van der Waals surface area contributed by atoms with Crippen LogP contribution in [0, 0.1) is 5.82 Å². The average Bonchev–Trinajstić information content (AvgIpc) is 2.87. The number of rotatable bonds is 4. The molecule has 0 aliphatic carbocycles. The van der Waals surface area contributed by atoms with Gasteiger partial charge in [-0.05, 0) is 31.0 Å². The molecule has 1 fully saturated rings. The van der Waals surface area contributed by atoms with E-state index in [4.69, 9.17) is 5.11 Å². The van der Waals surface area contributed by atoms with Gasteiger partial charge in [0, 0.05) is 12.6 Å². The number of carbonyl (C=O) groups is 1. The normalized spacial score (nSPS) is 20.2. The molecule has 1 aliphatic heterocycles. The quantitative estimate of drug-likeness (QED) is 0.852. The van der Waals surface area contributed by atoms with E-state index in [0.717, 1.165) is 16.4 Å². The summed E-state index contributed by atoms with van der Waals surface area (Å²) in [4.78, 5) is 10.5. The Morgan fingerprint density at radius 1 is 1.45 bits per heavy atom. The van der Waals surface area contributed by atoms with Gasteiger partial charge in [-0.2, -0.15) is 4.31 Å². The third-order valence-corrected chi connectivity index (χ3v) is 5.29. The van der Waals surface area contributed by atoms with E-state index in [1.807, 2.05) is 0 Å². The molecule has 1 saturated heterocycles. The fraction of sp³-hybridized carbons (Fsp3) is 0.417. The van der Waals surface area contributed by atoms with Crippen molar-refractivity contribution in [2.24, 2.45) is 0 Å². The maximum absolute atomic E-state index is 13.3. The molecule has 1 unspecified atom stereocenters. The summed E-state index contributed by atoms with van der Waals surface area (Å²) in [5.41, 5.74) is -0.477.